The van der Waals surface area contributed by atoms with Gasteiger partial charge in [0.15, 0.2) is 5.75 Å². The van der Waals surface area contributed by atoms with E-state index in [0.717, 1.165) is 16.9 Å². The second-order valence-electron chi connectivity index (χ2n) is 4.92. The van der Waals surface area contributed by atoms with Crippen molar-refractivity contribution < 1.29 is 9.66 Å². The Balaban J connectivity index is 2.14. The predicted octanol–water partition coefficient (Wildman–Crippen LogP) is 3.11. The second kappa shape index (κ2) is 5.81. The molecule has 1 heterocycles. The molecule has 6 nitrogen and oxygen atoms in total. The highest BCUT2D eigenvalue weighted by atomic mass is 16.6. The van der Waals surface area contributed by atoms with Crippen LogP contribution in [0.2, 0.25) is 0 Å². The van der Waals surface area contributed by atoms with Crippen molar-refractivity contribution in [3.63, 3.8) is 0 Å². The summed E-state index contributed by atoms with van der Waals surface area (Å²) in [5, 5.41) is 11.1. The van der Waals surface area contributed by atoms with Crippen molar-refractivity contribution >= 4 is 23.3 Å². The Labute approximate surface area is 133 Å². The van der Waals surface area contributed by atoms with Crippen LogP contribution in [0.5, 0.6) is 5.75 Å². The van der Waals surface area contributed by atoms with Crippen molar-refractivity contribution in [1.29, 1.82) is 0 Å². The lowest BCUT2D eigenvalue weighted by Gasteiger charge is -2.28. The van der Waals surface area contributed by atoms with Crippen LogP contribution in [0.4, 0.5) is 17.1 Å². The summed E-state index contributed by atoms with van der Waals surface area (Å²) in [6.45, 7) is 0.405. The Bertz CT molecular complexity index is 853. The van der Waals surface area contributed by atoms with E-state index < -0.39 is 4.92 Å². The number of methoxy groups -OCH3 is 1. The van der Waals surface area contributed by atoms with Crippen LogP contribution in [-0.4, -0.2) is 24.9 Å². The van der Waals surface area contributed by atoms with Gasteiger partial charge in [-0.3, -0.25) is 15.1 Å². The molecule has 0 amide bonds. The van der Waals surface area contributed by atoms with E-state index >= 15 is 0 Å². The van der Waals surface area contributed by atoms with Gasteiger partial charge in [-0.2, -0.15) is 0 Å². The first-order chi connectivity index (χ1) is 11.1. The van der Waals surface area contributed by atoms with Crippen molar-refractivity contribution in [3.05, 3.63) is 57.6 Å². The molecule has 1 aliphatic rings. The van der Waals surface area contributed by atoms with Crippen LogP contribution in [-0.2, 0) is 0 Å². The molecule has 0 saturated carbocycles. The maximum atomic E-state index is 11.1. The highest BCUT2D eigenvalue weighted by Gasteiger charge is 2.23. The Morgan fingerprint density at radius 1 is 1.39 bits per heavy atom. The van der Waals surface area contributed by atoms with E-state index in [1.54, 1.807) is 12.3 Å². The summed E-state index contributed by atoms with van der Waals surface area (Å²) >= 11 is 0. The molecule has 114 valence electrons. The van der Waals surface area contributed by atoms with E-state index in [0.29, 0.717) is 12.2 Å². The molecular weight excluding hydrogens is 294 g/mol. The standard InChI is InChI=1S/C17H13N3O3/c1-3-12-5-4-6-14(7-12)19-11-18-10-13-8-16(20(21)22)17(23-2)9-15(13)19/h1,4-10H,11H2,2H3. The van der Waals surface area contributed by atoms with Crippen molar-refractivity contribution in [1.82, 2.24) is 0 Å². The molecule has 2 aromatic carbocycles. The number of benzene rings is 2. The third-order valence-corrected chi connectivity index (χ3v) is 3.59. The fourth-order valence-electron chi connectivity index (χ4n) is 2.50. The summed E-state index contributed by atoms with van der Waals surface area (Å²) < 4.78 is 5.16. The Morgan fingerprint density at radius 3 is 2.91 bits per heavy atom. The highest BCUT2D eigenvalue weighted by Crippen LogP contribution is 2.38. The number of ether oxygens (including phenoxy) is 1. The summed E-state index contributed by atoms with van der Waals surface area (Å²) in [5.74, 6) is 2.81. The number of rotatable bonds is 3. The zero-order valence-electron chi connectivity index (χ0n) is 12.4. The minimum atomic E-state index is -0.467. The van der Waals surface area contributed by atoms with Gasteiger partial charge in [0.2, 0.25) is 0 Å². The molecule has 23 heavy (non-hydrogen) atoms. The molecule has 0 fully saturated rings. The Kier molecular flexibility index (Phi) is 3.69. The van der Waals surface area contributed by atoms with Crippen LogP contribution in [0, 0.1) is 22.5 Å². The molecule has 0 atom stereocenters. The van der Waals surface area contributed by atoms with E-state index in [2.05, 4.69) is 10.9 Å². The highest BCUT2D eigenvalue weighted by molar-refractivity contribution is 5.94. The normalized spacial score (nSPS) is 12.4. The maximum absolute atomic E-state index is 11.1. The van der Waals surface area contributed by atoms with E-state index in [-0.39, 0.29) is 11.4 Å². The topological polar surface area (TPSA) is 68.0 Å². The number of hydrogen-bond acceptors (Lipinski definition) is 5. The van der Waals surface area contributed by atoms with Crippen molar-refractivity contribution in [2.75, 3.05) is 18.7 Å². The largest absolute Gasteiger partial charge is 0.490 e. The van der Waals surface area contributed by atoms with Gasteiger partial charge in [0.25, 0.3) is 0 Å². The zero-order valence-corrected chi connectivity index (χ0v) is 12.4. The zero-order chi connectivity index (χ0) is 16.4. The van der Waals surface area contributed by atoms with Crippen LogP contribution in [0.15, 0.2) is 41.4 Å². The van der Waals surface area contributed by atoms with E-state index in [1.807, 2.05) is 29.2 Å². The lowest BCUT2D eigenvalue weighted by Crippen LogP contribution is -2.22. The van der Waals surface area contributed by atoms with Crippen molar-refractivity contribution in [2.24, 2.45) is 4.99 Å². The SMILES string of the molecule is C#Cc1cccc(N2CN=Cc3cc([N+](=O)[O-])c(OC)cc32)c1. The van der Waals surface area contributed by atoms with Gasteiger partial charge >= 0.3 is 5.69 Å². The Morgan fingerprint density at radius 2 is 2.22 bits per heavy atom. The summed E-state index contributed by atoms with van der Waals surface area (Å²) in [4.78, 5) is 16.9. The molecule has 0 saturated heterocycles. The summed E-state index contributed by atoms with van der Waals surface area (Å²) in [6, 6.07) is 10.6. The molecule has 3 rings (SSSR count). The number of nitro benzene ring substituents is 1. The van der Waals surface area contributed by atoms with Gasteiger partial charge in [-0.1, -0.05) is 12.0 Å². The number of hydrogen-bond donors (Lipinski definition) is 0. The molecule has 0 spiro atoms. The summed E-state index contributed by atoms with van der Waals surface area (Å²) in [6.07, 6.45) is 7.08. The number of aliphatic imine (C=N–C) groups is 1. The molecule has 0 unspecified atom stereocenters. The van der Waals surface area contributed by atoms with E-state index in [4.69, 9.17) is 11.2 Å². The number of terminal acetylenes is 1. The van der Waals surface area contributed by atoms with Crippen LogP contribution >= 0.6 is 0 Å². The monoisotopic (exact) mass is 307 g/mol. The average Bonchev–Trinajstić information content (AvgIpc) is 2.59. The van der Waals surface area contributed by atoms with Crippen LogP contribution in [0.3, 0.4) is 0 Å². The molecule has 0 N–H and O–H groups in total. The Hall–Kier alpha value is -3.33. The predicted molar refractivity (Wildman–Crippen MR) is 88.6 cm³/mol. The van der Waals surface area contributed by atoms with Gasteiger partial charge in [-0.05, 0) is 18.2 Å². The third-order valence-electron chi connectivity index (χ3n) is 3.59. The minimum absolute atomic E-state index is 0.0862. The third kappa shape index (κ3) is 2.60. The van der Waals surface area contributed by atoms with Gasteiger partial charge in [0.05, 0.1) is 17.7 Å². The smallest absolute Gasteiger partial charge is 0.311 e. The number of nitrogens with zero attached hydrogens (tertiary/aromatic N) is 3. The van der Waals surface area contributed by atoms with Crippen LogP contribution < -0.4 is 9.64 Å². The van der Waals surface area contributed by atoms with Gasteiger partial charge in [-0.15, -0.1) is 6.42 Å². The molecule has 6 heteroatoms. The number of nitro groups is 1. The van der Waals surface area contributed by atoms with Gasteiger partial charge in [0.1, 0.15) is 6.67 Å². The molecule has 2 aromatic rings. The van der Waals surface area contributed by atoms with Crippen LogP contribution in [0.25, 0.3) is 0 Å². The van der Waals surface area contributed by atoms with E-state index in [1.165, 1.54) is 13.2 Å². The average molecular weight is 307 g/mol. The second-order valence-corrected chi connectivity index (χ2v) is 4.92. The fraction of sp³-hybridized carbons (Fsp3) is 0.118. The number of anilines is 2. The molecule has 0 radical (unpaired) electrons. The molecule has 0 aromatic heterocycles. The van der Waals surface area contributed by atoms with Crippen molar-refractivity contribution in [3.8, 4) is 18.1 Å². The number of fused-ring (bicyclic) bond motifs is 1. The van der Waals surface area contributed by atoms with Gasteiger partial charge < -0.3 is 9.64 Å². The quantitative estimate of drug-likeness (QED) is 0.496. The van der Waals surface area contributed by atoms with Crippen molar-refractivity contribution in [2.45, 2.75) is 0 Å². The summed E-state index contributed by atoms with van der Waals surface area (Å²) in [7, 11) is 1.41. The lowest BCUT2D eigenvalue weighted by atomic mass is 10.1. The first kappa shape index (κ1) is 14.6. The fourth-order valence-corrected chi connectivity index (χ4v) is 2.50. The first-order valence-electron chi connectivity index (χ1n) is 6.84. The molecule has 0 bridgehead atoms. The molecule has 1 aliphatic heterocycles. The lowest BCUT2D eigenvalue weighted by molar-refractivity contribution is -0.385. The first-order valence-corrected chi connectivity index (χ1v) is 6.84. The van der Waals surface area contributed by atoms with E-state index in [9.17, 15) is 10.1 Å². The minimum Gasteiger partial charge on any atom is -0.490 e. The van der Waals surface area contributed by atoms with Gasteiger partial charge in [0, 0.05) is 35.2 Å². The van der Waals surface area contributed by atoms with Gasteiger partial charge in [-0.25, -0.2) is 0 Å². The summed E-state index contributed by atoms with van der Waals surface area (Å²) in [5.41, 5.74) is 2.99. The molecule has 0 aliphatic carbocycles. The molecular formula is C17H13N3O3. The maximum Gasteiger partial charge on any atom is 0.311 e. The van der Waals surface area contributed by atoms with Crippen LogP contribution in [0.1, 0.15) is 11.1 Å².